The first-order valence-electron chi connectivity index (χ1n) is 10.2. The minimum atomic E-state index is -5.06. The number of nitrogens with one attached hydrogen (secondary N) is 1. The second kappa shape index (κ2) is 6.35. The molecule has 4 rings (SSSR count). The van der Waals surface area contributed by atoms with Crippen LogP contribution in [0.3, 0.4) is 0 Å². The highest BCUT2D eigenvalue weighted by Crippen LogP contribution is 2.65. The summed E-state index contributed by atoms with van der Waals surface area (Å²) in [5.41, 5.74) is 0.00978. The first-order chi connectivity index (χ1) is 13.4. The Morgan fingerprint density at radius 2 is 1.79 bits per heavy atom. The predicted octanol–water partition coefficient (Wildman–Crippen LogP) is 2.27. The van der Waals surface area contributed by atoms with Crippen molar-refractivity contribution in [3.05, 3.63) is 0 Å². The number of hydrogen-bond acceptors (Lipinski definition) is 4. The van der Waals surface area contributed by atoms with Crippen molar-refractivity contribution in [3.8, 4) is 0 Å². The van der Waals surface area contributed by atoms with Crippen LogP contribution in [0.2, 0.25) is 0 Å². The van der Waals surface area contributed by atoms with E-state index in [0.29, 0.717) is 19.4 Å². The summed E-state index contributed by atoms with van der Waals surface area (Å²) in [6.07, 6.45) is -0.662. The van der Waals surface area contributed by atoms with Crippen LogP contribution in [-0.2, 0) is 19.1 Å². The molecule has 0 radical (unpaired) electrons. The number of amides is 2. The van der Waals surface area contributed by atoms with Gasteiger partial charge in [0.15, 0.2) is 0 Å². The monoisotopic (exact) mass is 416 g/mol. The number of methoxy groups -OCH3 is 1. The maximum atomic E-state index is 13.3. The summed E-state index contributed by atoms with van der Waals surface area (Å²) in [7, 11) is 1.24. The number of nitrogens with zero attached hydrogens (tertiary/aromatic N) is 1. The number of carbonyl (C=O) groups is 3. The molecule has 1 N–H and O–H groups in total. The second-order valence-corrected chi connectivity index (χ2v) is 9.88. The molecule has 1 spiro atoms. The maximum absolute atomic E-state index is 13.3. The van der Waals surface area contributed by atoms with Gasteiger partial charge in [0.25, 0.3) is 0 Å². The van der Waals surface area contributed by atoms with E-state index in [2.05, 4.69) is 0 Å². The number of rotatable bonds is 4. The predicted molar refractivity (Wildman–Crippen MR) is 95.3 cm³/mol. The Balaban J connectivity index is 1.54. The minimum Gasteiger partial charge on any atom is -0.467 e. The Bertz CT molecular complexity index is 738. The Labute approximate surface area is 167 Å². The summed E-state index contributed by atoms with van der Waals surface area (Å²) in [4.78, 5) is 38.7. The molecule has 4 aliphatic rings. The molecule has 2 amide bonds. The van der Waals surface area contributed by atoms with E-state index in [0.717, 1.165) is 19.3 Å². The van der Waals surface area contributed by atoms with Crippen molar-refractivity contribution in [1.82, 2.24) is 10.2 Å². The number of esters is 1. The van der Waals surface area contributed by atoms with E-state index in [1.807, 2.05) is 19.2 Å². The van der Waals surface area contributed by atoms with Gasteiger partial charge in [0.2, 0.25) is 5.91 Å². The SMILES string of the molecule is COC(=O)[C@@H]1[C@@H]2[C@H](CN1C(=O)C(NC(=O)C(F)(F)F)C1CC3(CCC3)C1)C2(C)C. The molecule has 3 aliphatic carbocycles. The first-order valence-corrected chi connectivity index (χ1v) is 10.2. The molecule has 4 fully saturated rings. The van der Waals surface area contributed by atoms with E-state index in [1.54, 1.807) is 0 Å². The maximum Gasteiger partial charge on any atom is 0.471 e. The highest BCUT2D eigenvalue weighted by molar-refractivity contribution is 5.93. The Kier molecular flexibility index (Phi) is 4.48. The fraction of sp³-hybridized carbons (Fsp3) is 0.850. The first kappa shape index (κ1) is 20.5. The van der Waals surface area contributed by atoms with E-state index in [4.69, 9.17) is 4.74 Å². The largest absolute Gasteiger partial charge is 0.471 e. The van der Waals surface area contributed by atoms with Gasteiger partial charge in [-0.15, -0.1) is 0 Å². The molecular formula is C20H27F3N2O4. The van der Waals surface area contributed by atoms with Gasteiger partial charge in [-0.25, -0.2) is 4.79 Å². The zero-order chi connectivity index (χ0) is 21.4. The van der Waals surface area contributed by atoms with E-state index in [-0.39, 0.29) is 28.6 Å². The number of halogens is 3. The van der Waals surface area contributed by atoms with Gasteiger partial charge in [-0.3, -0.25) is 9.59 Å². The van der Waals surface area contributed by atoms with Gasteiger partial charge >= 0.3 is 18.1 Å². The topological polar surface area (TPSA) is 75.7 Å². The molecule has 0 aromatic heterocycles. The number of likely N-dealkylation sites (tertiary alicyclic amines) is 1. The normalized spacial score (nSPS) is 32.6. The van der Waals surface area contributed by atoms with Crippen LogP contribution in [0, 0.1) is 28.6 Å². The van der Waals surface area contributed by atoms with Crippen molar-refractivity contribution in [2.45, 2.75) is 64.2 Å². The molecule has 0 aromatic carbocycles. The Hall–Kier alpha value is -1.80. The second-order valence-electron chi connectivity index (χ2n) is 9.88. The van der Waals surface area contributed by atoms with Gasteiger partial charge < -0.3 is 15.0 Å². The summed E-state index contributed by atoms with van der Waals surface area (Å²) in [6.45, 7) is 4.32. The quantitative estimate of drug-likeness (QED) is 0.714. The summed E-state index contributed by atoms with van der Waals surface area (Å²) >= 11 is 0. The molecule has 3 saturated carbocycles. The molecule has 6 nitrogen and oxygen atoms in total. The van der Waals surface area contributed by atoms with Crippen LogP contribution in [0.15, 0.2) is 0 Å². The lowest BCUT2D eigenvalue weighted by atomic mass is 9.50. The number of hydrogen-bond donors (Lipinski definition) is 1. The average molecular weight is 416 g/mol. The third-order valence-corrected chi connectivity index (χ3v) is 8.02. The summed E-state index contributed by atoms with van der Waals surface area (Å²) < 4.78 is 43.5. The molecule has 0 aromatic rings. The number of alkyl halides is 3. The molecule has 1 unspecified atom stereocenters. The van der Waals surface area contributed by atoms with Crippen molar-refractivity contribution in [3.63, 3.8) is 0 Å². The van der Waals surface area contributed by atoms with E-state index in [9.17, 15) is 27.6 Å². The third kappa shape index (κ3) is 3.11. The van der Waals surface area contributed by atoms with Gasteiger partial charge in [-0.2, -0.15) is 13.2 Å². The fourth-order valence-electron chi connectivity index (χ4n) is 6.06. The van der Waals surface area contributed by atoms with Crippen molar-refractivity contribution in [2.24, 2.45) is 28.6 Å². The van der Waals surface area contributed by atoms with E-state index >= 15 is 0 Å². The van der Waals surface area contributed by atoms with Crippen molar-refractivity contribution >= 4 is 17.8 Å². The number of fused-ring (bicyclic) bond motifs is 1. The smallest absolute Gasteiger partial charge is 0.467 e. The van der Waals surface area contributed by atoms with Crippen molar-refractivity contribution < 1.29 is 32.3 Å². The van der Waals surface area contributed by atoms with Gasteiger partial charge in [-0.1, -0.05) is 20.3 Å². The molecule has 0 bridgehead atoms. The van der Waals surface area contributed by atoms with Crippen LogP contribution in [-0.4, -0.2) is 54.6 Å². The standard InChI is InChI=1S/C20H27F3N2O4/c1-18(2)11-9-25(14(12(11)18)16(27)29-3)15(26)13(24-17(28)20(21,22)23)10-7-19(8-10)5-4-6-19/h10-14H,4-9H2,1-3H3,(H,24,28)/t11-,12-,13?,14-/m0/s1. The molecule has 4 atom stereocenters. The average Bonchev–Trinajstić information content (AvgIpc) is 2.92. The zero-order valence-electron chi connectivity index (χ0n) is 16.8. The Morgan fingerprint density at radius 1 is 1.17 bits per heavy atom. The van der Waals surface area contributed by atoms with Crippen molar-refractivity contribution in [2.75, 3.05) is 13.7 Å². The lowest BCUT2D eigenvalue weighted by Gasteiger charge is -2.56. The highest BCUT2D eigenvalue weighted by Gasteiger charge is 2.70. The van der Waals surface area contributed by atoms with Crippen LogP contribution in [0.1, 0.15) is 46.0 Å². The van der Waals surface area contributed by atoms with Gasteiger partial charge in [0.05, 0.1) is 7.11 Å². The molecule has 1 saturated heterocycles. The van der Waals surface area contributed by atoms with Crippen LogP contribution < -0.4 is 5.32 Å². The molecule has 1 heterocycles. The number of piperidine rings is 1. The minimum absolute atomic E-state index is 0.0720. The van der Waals surface area contributed by atoms with Gasteiger partial charge in [0, 0.05) is 12.5 Å². The lowest BCUT2D eigenvalue weighted by Crippen LogP contribution is -2.61. The molecule has 29 heavy (non-hydrogen) atoms. The Morgan fingerprint density at radius 3 is 2.28 bits per heavy atom. The molecule has 162 valence electrons. The van der Waals surface area contributed by atoms with Crippen LogP contribution in [0.4, 0.5) is 13.2 Å². The summed E-state index contributed by atoms with van der Waals surface area (Å²) in [5, 5.41) is 1.94. The van der Waals surface area contributed by atoms with Gasteiger partial charge in [-0.05, 0) is 48.3 Å². The van der Waals surface area contributed by atoms with Crippen molar-refractivity contribution in [1.29, 1.82) is 0 Å². The van der Waals surface area contributed by atoms with E-state index < -0.39 is 36.0 Å². The highest BCUT2D eigenvalue weighted by atomic mass is 19.4. The number of ether oxygens (including phenoxy) is 1. The summed E-state index contributed by atoms with van der Waals surface area (Å²) in [5.74, 6) is -3.56. The number of carbonyl (C=O) groups excluding carboxylic acids is 3. The van der Waals surface area contributed by atoms with Gasteiger partial charge in [0.1, 0.15) is 12.1 Å². The fourth-order valence-corrected chi connectivity index (χ4v) is 6.06. The third-order valence-electron chi connectivity index (χ3n) is 8.02. The zero-order valence-corrected chi connectivity index (χ0v) is 16.8. The molecule has 9 heteroatoms. The van der Waals surface area contributed by atoms with E-state index in [1.165, 1.54) is 12.0 Å². The van der Waals surface area contributed by atoms with Crippen LogP contribution in [0.5, 0.6) is 0 Å². The molecular weight excluding hydrogens is 389 g/mol. The lowest BCUT2D eigenvalue weighted by molar-refractivity contribution is -0.177. The van der Waals surface area contributed by atoms with Crippen LogP contribution >= 0.6 is 0 Å². The van der Waals surface area contributed by atoms with Crippen LogP contribution in [0.25, 0.3) is 0 Å². The summed E-state index contributed by atoms with van der Waals surface area (Å²) in [6, 6.07) is -2.07. The molecule has 1 aliphatic heterocycles.